The smallest absolute Gasteiger partial charge is 0.220 e. The monoisotopic (exact) mass is 344 g/mol. The average Bonchev–Trinajstić information content (AvgIpc) is 2.77. The molecule has 1 aromatic rings. The second-order valence-corrected chi connectivity index (χ2v) is 6.63. The molecule has 0 spiro atoms. The third-order valence-corrected chi connectivity index (χ3v) is 4.85. The molecule has 1 aromatic carbocycles. The van der Waals surface area contributed by atoms with Gasteiger partial charge in [0.1, 0.15) is 11.6 Å². The van der Waals surface area contributed by atoms with Gasteiger partial charge in [-0.2, -0.15) is 0 Å². The molecule has 3 unspecified atom stereocenters. The first-order valence-corrected chi connectivity index (χ1v) is 8.01. The molecule has 0 radical (unpaired) electrons. The zero-order valence-corrected chi connectivity index (χ0v) is 14.0. The van der Waals surface area contributed by atoms with E-state index in [1.54, 1.807) is 6.92 Å². The molecule has 128 valence electrons. The zero-order chi connectivity index (χ0) is 15.7. The molecular weight excluding hydrogens is 322 g/mol. The third kappa shape index (κ3) is 4.42. The number of rotatable bonds is 4. The van der Waals surface area contributed by atoms with E-state index in [9.17, 15) is 13.6 Å². The molecule has 2 aliphatic heterocycles. The SMILES string of the molecule is CC(NC(=O)CC1CC2CCC(C1)N2)c1ccc(F)cc1F.Cl. The van der Waals surface area contributed by atoms with Crippen molar-refractivity contribution in [2.75, 3.05) is 0 Å². The second-order valence-electron chi connectivity index (χ2n) is 6.63. The minimum atomic E-state index is -0.618. The van der Waals surface area contributed by atoms with Crippen molar-refractivity contribution in [2.45, 2.75) is 57.2 Å². The number of carbonyl (C=O) groups is 1. The topological polar surface area (TPSA) is 41.1 Å². The Labute approximate surface area is 141 Å². The molecule has 2 heterocycles. The highest BCUT2D eigenvalue weighted by Gasteiger charge is 2.34. The van der Waals surface area contributed by atoms with Crippen LogP contribution in [0.2, 0.25) is 0 Å². The van der Waals surface area contributed by atoms with Crippen molar-refractivity contribution in [1.29, 1.82) is 0 Å². The molecule has 2 fully saturated rings. The Hall–Kier alpha value is -1.20. The van der Waals surface area contributed by atoms with E-state index in [-0.39, 0.29) is 18.3 Å². The summed E-state index contributed by atoms with van der Waals surface area (Å²) in [6.07, 6.45) is 4.99. The highest BCUT2D eigenvalue weighted by atomic mass is 35.5. The molecule has 0 saturated carbocycles. The minimum Gasteiger partial charge on any atom is -0.349 e. The van der Waals surface area contributed by atoms with Crippen LogP contribution in [-0.2, 0) is 4.79 Å². The lowest BCUT2D eigenvalue weighted by atomic mass is 9.89. The van der Waals surface area contributed by atoms with Gasteiger partial charge in [0, 0.05) is 30.1 Å². The number of hydrogen-bond donors (Lipinski definition) is 2. The molecule has 0 aliphatic carbocycles. The Kier molecular flexibility index (Phi) is 5.98. The van der Waals surface area contributed by atoms with Gasteiger partial charge in [0.15, 0.2) is 0 Å². The largest absolute Gasteiger partial charge is 0.349 e. The number of amides is 1. The molecule has 6 heteroatoms. The first-order chi connectivity index (χ1) is 10.5. The van der Waals surface area contributed by atoms with Crippen LogP contribution in [0.4, 0.5) is 8.78 Å². The molecule has 3 nitrogen and oxygen atoms in total. The van der Waals surface area contributed by atoms with E-state index in [4.69, 9.17) is 0 Å². The van der Waals surface area contributed by atoms with Gasteiger partial charge in [-0.1, -0.05) is 6.07 Å². The summed E-state index contributed by atoms with van der Waals surface area (Å²) in [6, 6.07) is 4.12. The summed E-state index contributed by atoms with van der Waals surface area (Å²) in [5.74, 6) is -0.871. The van der Waals surface area contributed by atoms with Crippen molar-refractivity contribution in [3.05, 3.63) is 35.4 Å². The van der Waals surface area contributed by atoms with Crippen molar-refractivity contribution in [1.82, 2.24) is 10.6 Å². The lowest BCUT2D eigenvalue weighted by molar-refractivity contribution is -0.122. The van der Waals surface area contributed by atoms with Crippen LogP contribution >= 0.6 is 12.4 Å². The predicted octanol–water partition coefficient (Wildman–Crippen LogP) is 3.48. The van der Waals surface area contributed by atoms with E-state index >= 15 is 0 Å². The van der Waals surface area contributed by atoms with Crippen molar-refractivity contribution in [2.24, 2.45) is 5.92 Å². The summed E-state index contributed by atoms with van der Waals surface area (Å²) >= 11 is 0. The van der Waals surface area contributed by atoms with Crippen LogP contribution in [-0.4, -0.2) is 18.0 Å². The van der Waals surface area contributed by atoms with Gasteiger partial charge in [-0.3, -0.25) is 4.79 Å². The number of fused-ring (bicyclic) bond motifs is 2. The molecule has 2 saturated heterocycles. The van der Waals surface area contributed by atoms with Gasteiger partial charge in [-0.05, 0) is 44.6 Å². The minimum absolute atomic E-state index is 0. The maximum Gasteiger partial charge on any atom is 0.220 e. The molecule has 0 aromatic heterocycles. The highest BCUT2D eigenvalue weighted by Crippen LogP contribution is 2.32. The summed E-state index contributed by atoms with van der Waals surface area (Å²) in [6.45, 7) is 1.72. The number of hydrogen-bond acceptors (Lipinski definition) is 2. The quantitative estimate of drug-likeness (QED) is 0.878. The summed E-state index contributed by atoms with van der Waals surface area (Å²) in [5, 5.41) is 6.39. The van der Waals surface area contributed by atoms with Crippen LogP contribution in [0.1, 0.15) is 50.6 Å². The summed E-state index contributed by atoms with van der Waals surface area (Å²) in [5.41, 5.74) is 0.320. The summed E-state index contributed by atoms with van der Waals surface area (Å²) < 4.78 is 26.6. The van der Waals surface area contributed by atoms with Gasteiger partial charge in [-0.25, -0.2) is 8.78 Å². The van der Waals surface area contributed by atoms with Gasteiger partial charge >= 0.3 is 0 Å². The first-order valence-electron chi connectivity index (χ1n) is 8.01. The fraction of sp³-hybridized carbons (Fsp3) is 0.588. The zero-order valence-electron chi connectivity index (χ0n) is 13.1. The molecule has 23 heavy (non-hydrogen) atoms. The lowest BCUT2D eigenvalue weighted by Gasteiger charge is -2.29. The van der Waals surface area contributed by atoms with E-state index in [2.05, 4.69) is 10.6 Å². The van der Waals surface area contributed by atoms with E-state index in [0.29, 0.717) is 30.0 Å². The van der Waals surface area contributed by atoms with Gasteiger partial charge < -0.3 is 10.6 Å². The van der Waals surface area contributed by atoms with Gasteiger partial charge in [0.2, 0.25) is 5.91 Å². The second kappa shape index (κ2) is 7.58. The molecule has 3 rings (SSSR count). The first kappa shape index (κ1) is 18.1. The third-order valence-electron chi connectivity index (χ3n) is 4.85. The number of piperidine rings is 1. The van der Waals surface area contributed by atoms with Gasteiger partial charge in [0.25, 0.3) is 0 Å². The van der Waals surface area contributed by atoms with Gasteiger partial charge in [0.05, 0.1) is 6.04 Å². The highest BCUT2D eigenvalue weighted by molar-refractivity contribution is 5.85. The van der Waals surface area contributed by atoms with Crippen molar-refractivity contribution in [3.63, 3.8) is 0 Å². The van der Waals surface area contributed by atoms with E-state index in [1.165, 1.54) is 25.0 Å². The number of nitrogens with one attached hydrogen (secondary N) is 2. The molecule has 2 N–H and O–H groups in total. The van der Waals surface area contributed by atoms with Crippen LogP contribution in [0, 0.1) is 17.6 Å². The predicted molar refractivity (Wildman–Crippen MR) is 87.5 cm³/mol. The Morgan fingerprint density at radius 3 is 2.57 bits per heavy atom. The Morgan fingerprint density at radius 1 is 1.30 bits per heavy atom. The van der Waals surface area contributed by atoms with Crippen molar-refractivity contribution < 1.29 is 13.6 Å². The normalized spacial score (nSPS) is 27.2. The average molecular weight is 345 g/mol. The van der Waals surface area contributed by atoms with Crippen molar-refractivity contribution in [3.8, 4) is 0 Å². The number of benzene rings is 1. The van der Waals surface area contributed by atoms with Crippen LogP contribution < -0.4 is 10.6 Å². The standard InChI is InChI=1S/C17H22F2N2O.ClH/c1-10(15-5-2-12(18)9-16(15)19)20-17(22)8-11-6-13-3-4-14(7-11)21-13;/h2,5,9-11,13-14,21H,3-4,6-8H2,1H3,(H,20,22);1H. The molecule has 1 amide bonds. The number of halogens is 3. The molecule has 3 atom stereocenters. The van der Waals surface area contributed by atoms with E-state index in [0.717, 1.165) is 18.9 Å². The van der Waals surface area contributed by atoms with Crippen molar-refractivity contribution >= 4 is 18.3 Å². The van der Waals surface area contributed by atoms with Crippen LogP contribution in [0.15, 0.2) is 18.2 Å². The Bertz CT molecular complexity index is 558. The van der Waals surface area contributed by atoms with Crippen LogP contribution in [0.25, 0.3) is 0 Å². The molecule has 2 bridgehead atoms. The summed E-state index contributed by atoms with van der Waals surface area (Å²) in [7, 11) is 0. The van der Waals surface area contributed by atoms with E-state index < -0.39 is 17.7 Å². The fourth-order valence-corrected chi connectivity index (χ4v) is 3.83. The van der Waals surface area contributed by atoms with Crippen LogP contribution in [0.5, 0.6) is 0 Å². The molecular formula is C17H23ClF2N2O. The maximum atomic E-state index is 13.7. The fourth-order valence-electron chi connectivity index (χ4n) is 3.83. The lowest BCUT2D eigenvalue weighted by Crippen LogP contribution is -2.40. The molecule has 2 aliphatic rings. The Balaban J connectivity index is 0.00000192. The number of carbonyl (C=O) groups excluding carboxylic acids is 1. The van der Waals surface area contributed by atoms with E-state index in [1.807, 2.05) is 0 Å². The summed E-state index contributed by atoms with van der Waals surface area (Å²) in [4.78, 5) is 12.2. The van der Waals surface area contributed by atoms with Gasteiger partial charge in [-0.15, -0.1) is 12.4 Å². The maximum absolute atomic E-state index is 13.7. The van der Waals surface area contributed by atoms with Crippen LogP contribution in [0.3, 0.4) is 0 Å². The Morgan fingerprint density at radius 2 is 1.96 bits per heavy atom.